The minimum atomic E-state index is -0.560. The van der Waals surface area contributed by atoms with Crippen LogP contribution in [0.15, 0.2) is 61.2 Å². The van der Waals surface area contributed by atoms with Gasteiger partial charge in [0.2, 0.25) is 5.91 Å². The average Bonchev–Trinajstić information content (AvgIpc) is 3.61. The highest BCUT2D eigenvalue weighted by molar-refractivity contribution is 5.96. The number of nitrogens with one attached hydrogen (secondary N) is 3. The monoisotopic (exact) mass is 562 g/mol. The SMILES string of the molecule is O=C(CC1CCCCC1)Nc1cncc(-c2ccc3[nH]nc(-c4nc5c(-c6cc(O)cc(F)c6)cncc5[nH]4)c3n2)c1. The number of aromatic amines is 2. The maximum Gasteiger partial charge on any atom is 0.224 e. The van der Waals surface area contributed by atoms with Crippen molar-refractivity contribution in [1.29, 1.82) is 0 Å². The first-order valence-corrected chi connectivity index (χ1v) is 13.9. The summed E-state index contributed by atoms with van der Waals surface area (Å²) in [5.74, 6) is 0.168. The van der Waals surface area contributed by atoms with Crippen LogP contribution in [0.25, 0.3) is 56.0 Å². The second-order valence-electron chi connectivity index (χ2n) is 10.8. The first kappa shape index (κ1) is 25.8. The third kappa shape index (κ3) is 5.05. The summed E-state index contributed by atoms with van der Waals surface area (Å²) in [7, 11) is 0. The van der Waals surface area contributed by atoms with Crippen molar-refractivity contribution in [3.05, 3.63) is 67.0 Å². The van der Waals surface area contributed by atoms with Crippen LogP contribution in [0.4, 0.5) is 10.1 Å². The van der Waals surface area contributed by atoms with Crippen molar-refractivity contribution < 1.29 is 14.3 Å². The zero-order chi connectivity index (χ0) is 28.6. The highest BCUT2D eigenvalue weighted by atomic mass is 19.1. The molecule has 1 saturated carbocycles. The second-order valence-corrected chi connectivity index (χ2v) is 10.8. The predicted molar refractivity (Wildman–Crippen MR) is 157 cm³/mol. The van der Waals surface area contributed by atoms with Crippen molar-refractivity contribution in [2.45, 2.75) is 38.5 Å². The molecule has 10 nitrogen and oxygen atoms in total. The van der Waals surface area contributed by atoms with Gasteiger partial charge < -0.3 is 15.4 Å². The molecule has 5 heterocycles. The zero-order valence-electron chi connectivity index (χ0n) is 22.6. The molecule has 4 N–H and O–H groups in total. The molecule has 1 aliphatic carbocycles. The van der Waals surface area contributed by atoms with E-state index in [4.69, 9.17) is 9.97 Å². The van der Waals surface area contributed by atoms with E-state index in [1.165, 1.54) is 31.4 Å². The number of hydrogen-bond donors (Lipinski definition) is 4. The third-order valence-electron chi connectivity index (χ3n) is 7.74. The number of carbonyl (C=O) groups is 1. The van der Waals surface area contributed by atoms with Gasteiger partial charge in [-0.25, -0.2) is 14.4 Å². The van der Waals surface area contributed by atoms with Crippen molar-refractivity contribution in [2.24, 2.45) is 5.92 Å². The van der Waals surface area contributed by atoms with Gasteiger partial charge in [0.15, 0.2) is 11.5 Å². The highest BCUT2D eigenvalue weighted by Gasteiger charge is 2.19. The molecule has 0 unspecified atom stereocenters. The molecule has 7 rings (SSSR count). The van der Waals surface area contributed by atoms with E-state index in [0.717, 1.165) is 24.5 Å². The smallest absolute Gasteiger partial charge is 0.224 e. The Morgan fingerprint density at radius 1 is 0.929 bits per heavy atom. The Labute approximate surface area is 239 Å². The second kappa shape index (κ2) is 10.7. The number of fused-ring (bicyclic) bond motifs is 2. The molecule has 1 aromatic carbocycles. The van der Waals surface area contributed by atoms with E-state index < -0.39 is 5.82 Å². The predicted octanol–water partition coefficient (Wildman–Crippen LogP) is 6.38. The van der Waals surface area contributed by atoms with Gasteiger partial charge >= 0.3 is 0 Å². The fraction of sp³-hybridized carbons (Fsp3) is 0.226. The first-order valence-electron chi connectivity index (χ1n) is 13.9. The van der Waals surface area contributed by atoms with E-state index in [1.54, 1.807) is 24.8 Å². The Kier molecular flexibility index (Phi) is 6.54. The van der Waals surface area contributed by atoms with Gasteiger partial charge in [-0.1, -0.05) is 19.3 Å². The molecule has 0 atom stereocenters. The summed E-state index contributed by atoms with van der Waals surface area (Å²) in [6.07, 6.45) is 13.0. The van der Waals surface area contributed by atoms with Crippen LogP contribution < -0.4 is 5.32 Å². The van der Waals surface area contributed by atoms with Gasteiger partial charge in [0.1, 0.15) is 17.1 Å². The summed E-state index contributed by atoms with van der Waals surface area (Å²) < 4.78 is 14.0. The van der Waals surface area contributed by atoms with E-state index in [9.17, 15) is 14.3 Å². The number of phenolic OH excluding ortho intramolecular Hbond substituents is 1. The van der Waals surface area contributed by atoms with Crippen LogP contribution in [0.2, 0.25) is 0 Å². The van der Waals surface area contributed by atoms with E-state index in [1.807, 2.05) is 18.2 Å². The molecule has 0 saturated heterocycles. The van der Waals surface area contributed by atoms with Crippen LogP contribution >= 0.6 is 0 Å². The van der Waals surface area contributed by atoms with E-state index in [2.05, 4.69) is 30.5 Å². The van der Waals surface area contributed by atoms with Gasteiger partial charge in [-0.3, -0.25) is 19.9 Å². The quantitative estimate of drug-likeness (QED) is 0.184. The molecule has 0 bridgehead atoms. The maximum absolute atomic E-state index is 14.0. The number of hydrogen-bond acceptors (Lipinski definition) is 7. The van der Waals surface area contributed by atoms with Gasteiger partial charge in [0.05, 0.1) is 40.3 Å². The normalized spacial score (nSPS) is 14.0. The van der Waals surface area contributed by atoms with Crippen LogP contribution in [0.3, 0.4) is 0 Å². The standard InChI is InChI=1S/C31H27FN8O2/c32-20-9-18(11-22(41)12-20)23-15-34-16-26-28(23)38-31(37-26)30-29-25(39-40-30)7-6-24(36-29)19-10-21(14-33-13-19)35-27(42)8-17-4-2-1-3-5-17/h6-7,9-17,41H,1-5,8H2,(H,35,42)(H,37,38)(H,39,40). The van der Waals surface area contributed by atoms with Gasteiger partial charge in [-0.05, 0) is 54.7 Å². The number of rotatable bonds is 6. The van der Waals surface area contributed by atoms with Crippen molar-refractivity contribution in [3.63, 3.8) is 0 Å². The number of pyridine rings is 3. The van der Waals surface area contributed by atoms with Gasteiger partial charge in [-0.2, -0.15) is 5.10 Å². The van der Waals surface area contributed by atoms with Gasteiger partial charge in [-0.15, -0.1) is 0 Å². The fourth-order valence-corrected chi connectivity index (χ4v) is 5.72. The number of benzene rings is 1. The highest BCUT2D eigenvalue weighted by Crippen LogP contribution is 2.33. The van der Waals surface area contributed by atoms with Gasteiger partial charge in [0.25, 0.3) is 0 Å². The number of phenols is 1. The minimum Gasteiger partial charge on any atom is -0.508 e. The number of aromatic hydroxyl groups is 1. The molecular weight excluding hydrogens is 535 g/mol. The van der Waals surface area contributed by atoms with Crippen LogP contribution in [-0.4, -0.2) is 46.1 Å². The Bertz CT molecular complexity index is 1920. The largest absolute Gasteiger partial charge is 0.508 e. The molecule has 42 heavy (non-hydrogen) atoms. The Balaban J connectivity index is 1.20. The topological polar surface area (TPSA) is 145 Å². The van der Waals surface area contributed by atoms with E-state index >= 15 is 0 Å². The Hall–Kier alpha value is -5.19. The van der Waals surface area contributed by atoms with Crippen molar-refractivity contribution >= 4 is 33.7 Å². The molecular formula is C31H27FN8O2. The first-order chi connectivity index (χ1) is 20.5. The molecule has 5 aromatic heterocycles. The molecule has 6 aromatic rings. The van der Waals surface area contributed by atoms with Crippen molar-refractivity contribution in [1.82, 2.24) is 35.1 Å². The number of carbonyl (C=O) groups excluding carboxylic acids is 1. The lowest BCUT2D eigenvalue weighted by Crippen LogP contribution is -2.18. The van der Waals surface area contributed by atoms with Crippen LogP contribution in [0, 0.1) is 11.7 Å². The average molecular weight is 563 g/mol. The minimum absolute atomic E-state index is 0.00794. The zero-order valence-corrected chi connectivity index (χ0v) is 22.6. The number of anilines is 1. The van der Waals surface area contributed by atoms with Gasteiger partial charge in [0, 0.05) is 36.0 Å². The maximum atomic E-state index is 14.0. The van der Waals surface area contributed by atoms with E-state index in [-0.39, 0.29) is 11.7 Å². The third-order valence-corrected chi connectivity index (χ3v) is 7.74. The summed E-state index contributed by atoms with van der Waals surface area (Å²) in [6.45, 7) is 0. The molecule has 0 spiro atoms. The fourth-order valence-electron chi connectivity index (χ4n) is 5.72. The van der Waals surface area contributed by atoms with Crippen molar-refractivity contribution in [3.8, 4) is 39.7 Å². The molecule has 1 amide bonds. The Morgan fingerprint density at radius 3 is 2.64 bits per heavy atom. The van der Waals surface area contributed by atoms with E-state index in [0.29, 0.717) is 68.4 Å². The summed E-state index contributed by atoms with van der Waals surface area (Å²) in [6, 6.07) is 9.45. The lowest BCUT2D eigenvalue weighted by molar-refractivity contribution is -0.117. The molecule has 1 aliphatic rings. The summed E-state index contributed by atoms with van der Waals surface area (Å²) >= 11 is 0. The summed E-state index contributed by atoms with van der Waals surface area (Å²) in [5.41, 5.74) is 6.04. The number of imidazole rings is 1. The lowest BCUT2D eigenvalue weighted by Gasteiger charge is -2.20. The molecule has 0 radical (unpaired) electrons. The summed E-state index contributed by atoms with van der Waals surface area (Å²) in [5, 5.41) is 20.4. The number of H-pyrrole nitrogens is 2. The van der Waals surface area contributed by atoms with Crippen molar-refractivity contribution in [2.75, 3.05) is 5.32 Å². The molecule has 210 valence electrons. The van der Waals surface area contributed by atoms with Crippen LogP contribution in [-0.2, 0) is 4.79 Å². The number of amides is 1. The summed E-state index contributed by atoms with van der Waals surface area (Å²) in [4.78, 5) is 34.1. The lowest BCUT2D eigenvalue weighted by atomic mass is 9.87. The molecule has 0 aliphatic heterocycles. The molecule has 1 fully saturated rings. The number of halogens is 1. The Morgan fingerprint density at radius 2 is 1.79 bits per heavy atom. The van der Waals surface area contributed by atoms with Crippen LogP contribution in [0.5, 0.6) is 5.75 Å². The molecule has 11 heteroatoms. The number of nitrogens with zero attached hydrogens (tertiary/aromatic N) is 5. The number of aromatic nitrogens is 7. The van der Waals surface area contributed by atoms with Crippen LogP contribution in [0.1, 0.15) is 38.5 Å².